The first kappa shape index (κ1) is 25.6. The normalized spacial score (nSPS) is 19.8. The Morgan fingerprint density at radius 3 is 2.78 bits per heavy atom. The quantitative estimate of drug-likeness (QED) is 0.557. The maximum absolute atomic E-state index is 14.4. The Bertz CT molecular complexity index is 1280. The molecule has 0 radical (unpaired) electrons. The molecule has 1 fully saturated rings. The van der Waals surface area contributed by atoms with E-state index in [9.17, 15) is 18.0 Å². The predicted molar refractivity (Wildman–Crippen MR) is 131 cm³/mol. The van der Waals surface area contributed by atoms with Crippen LogP contribution in [0, 0.1) is 11.7 Å². The molecule has 3 heterocycles. The summed E-state index contributed by atoms with van der Waals surface area (Å²) in [5.74, 6) is -0.713. The van der Waals surface area contributed by atoms with E-state index in [1.54, 1.807) is 13.1 Å². The van der Waals surface area contributed by atoms with E-state index in [2.05, 4.69) is 10.3 Å². The second-order valence-electron chi connectivity index (χ2n) is 9.02. The molecule has 7 nitrogen and oxygen atoms in total. The van der Waals surface area contributed by atoms with E-state index in [0.29, 0.717) is 49.0 Å². The van der Waals surface area contributed by atoms with E-state index < -0.39 is 17.8 Å². The van der Waals surface area contributed by atoms with Crippen LogP contribution in [0.4, 0.5) is 13.2 Å². The lowest BCUT2D eigenvalue weighted by molar-refractivity contribution is -0.135. The molecule has 1 saturated heterocycles. The van der Waals surface area contributed by atoms with Crippen LogP contribution in [0.15, 0.2) is 36.5 Å². The van der Waals surface area contributed by atoms with Gasteiger partial charge in [-0.2, -0.15) is 0 Å². The summed E-state index contributed by atoms with van der Waals surface area (Å²) in [4.78, 5) is 19.0. The number of nitrogens with one attached hydrogen (secondary N) is 1. The van der Waals surface area contributed by atoms with E-state index in [1.165, 1.54) is 12.1 Å². The Labute approximate surface area is 207 Å². The third-order valence-electron chi connectivity index (χ3n) is 6.53. The van der Waals surface area contributed by atoms with Crippen LogP contribution in [0.1, 0.15) is 42.9 Å². The Balaban J connectivity index is 1.58. The standard InChI is InChI=1S/C26H30F3N5O2/c1-15(30)23-21(25(31)33-12-17-3-2-4-20(22(17)27)24(28)29)11-19(13-32-23)16-5-8-34(9-6-16)26(35)18-7-10-36-14-18/h2-5,11,13,18,24,33H,6-10,12,14,30-31H2,1H3/b23-15+,25-21+. The number of carbonyl (C=O) groups excluding carboxylic acids is 1. The van der Waals surface area contributed by atoms with Gasteiger partial charge < -0.3 is 26.4 Å². The molecule has 5 N–H and O–H groups in total. The number of pyridine rings is 1. The third kappa shape index (κ3) is 5.48. The van der Waals surface area contributed by atoms with Crippen molar-refractivity contribution in [3.8, 4) is 0 Å². The number of benzene rings is 1. The number of ether oxygens (including phenoxy) is 1. The molecule has 1 unspecified atom stereocenters. The lowest BCUT2D eigenvalue weighted by atomic mass is 9.99. The van der Waals surface area contributed by atoms with Gasteiger partial charge >= 0.3 is 0 Å². The van der Waals surface area contributed by atoms with Crippen molar-refractivity contribution in [2.24, 2.45) is 17.4 Å². The number of alkyl halides is 2. The van der Waals surface area contributed by atoms with Gasteiger partial charge in [-0.1, -0.05) is 24.3 Å². The summed E-state index contributed by atoms with van der Waals surface area (Å²) < 4.78 is 45.8. The molecule has 1 amide bonds. The summed E-state index contributed by atoms with van der Waals surface area (Å²) in [5.41, 5.74) is 14.1. The highest BCUT2D eigenvalue weighted by molar-refractivity contribution is 5.81. The molecule has 4 rings (SSSR count). The molecule has 192 valence electrons. The summed E-state index contributed by atoms with van der Waals surface area (Å²) in [7, 11) is 0. The minimum atomic E-state index is -2.91. The minimum absolute atomic E-state index is 0.0673. The Kier molecular flexibility index (Phi) is 7.83. The number of aromatic nitrogens is 1. The second kappa shape index (κ2) is 11.0. The summed E-state index contributed by atoms with van der Waals surface area (Å²) >= 11 is 0. The number of nitrogens with zero attached hydrogens (tertiary/aromatic N) is 2. The molecule has 36 heavy (non-hydrogen) atoms. The predicted octanol–water partition coefficient (Wildman–Crippen LogP) is 1.71. The van der Waals surface area contributed by atoms with Crippen molar-refractivity contribution in [3.05, 3.63) is 69.6 Å². The maximum atomic E-state index is 14.4. The largest absolute Gasteiger partial charge is 0.401 e. The topological polar surface area (TPSA) is 106 Å². The molecular weight excluding hydrogens is 471 g/mol. The average molecular weight is 502 g/mol. The van der Waals surface area contributed by atoms with Gasteiger partial charge in [0.1, 0.15) is 11.6 Å². The van der Waals surface area contributed by atoms with Gasteiger partial charge in [-0.3, -0.25) is 9.78 Å². The molecule has 2 aliphatic heterocycles. The molecule has 2 aromatic rings. The van der Waals surface area contributed by atoms with E-state index in [0.717, 1.165) is 23.6 Å². The highest BCUT2D eigenvalue weighted by Gasteiger charge is 2.29. The molecule has 0 saturated carbocycles. The molecule has 10 heteroatoms. The van der Waals surface area contributed by atoms with E-state index in [-0.39, 0.29) is 29.8 Å². The van der Waals surface area contributed by atoms with E-state index >= 15 is 0 Å². The minimum Gasteiger partial charge on any atom is -0.401 e. The van der Waals surface area contributed by atoms with Crippen molar-refractivity contribution in [1.82, 2.24) is 15.2 Å². The molecule has 1 aromatic carbocycles. The van der Waals surface area contributed by atoms with Crippen molar-refractivity contribution in [2.75, 3.05) is 26.3 Å². The van der Waals surface area contributed by atoms with Crippen LogP contribution in [0.5, 0.6) is 0 Å². The monoisotopic (exact) mass is 501 g/mol. The number of hydrogen-bond acceptors (Lipinski definition) is 6. The second-order valence-corrected chi connectivity index (χ2v) is 9.02. The summed E-state index contributed by atoms with van der Waals surface area (Å²) in [6, 6.07) is 5.71. The highest BCUT2D eigenvalue weighted by atomic mass is 19.3. The van der Waals surface area contributed by atoms with Crippen LogP contribution in [-0.2, 0) is 16.1 Å². The molecule has 1 atom stereocenters. The fourth-order valence-electron chi connectivity index (χ4n) is 4.47. The number of halogens is 3. The van der Waals surface area contributed by atoms with Crippen LogP contribution in [-0.4, -0.2) is 42.1 Å². The fraction of sp³-hybridized carbons (Fsp3) is 0.385. The van der Waals surface area contributed by atoms with Crippen LogP contribution in [0.25, 0.3) is 17.1 Å². The Morgan fingerprint density at radius 2 is 2.14 bits per heavy atom. The fourth-order valence-corrected chi connectivity index (χ4v) is 4.47. The molecule has 0 bridgehead atoms. The van der Waals surface area contributed by atoms with E-state index in [1.807, 2.05) is 17.0 Å². The molecule has 2 aliphatic rings. The maximum Gasteiger partial charge on any atom is 0.266 e. The summed E-state index contributed by atoms with van der Waals surface area (Å²) in [5, 5.41) is 3.92. The van der Waals surface area contributed by atoms with Crippen LogP contribution >= 0.6 is 0 Å². The SMILES string of the molecule is C/C(N)=c1\ncc(C2=CCN(C(=O)C3CCOC3)CC2)c\c1=C(\N)NCc1cccc(C(F)F)c1F. The van der Waals surface area contributed by atoms with Gasteiger partial charge in [-0.25, -0.2) is 13.2 Å². The van der Waals surface area contributed by atoms with Crippen molar-refractivity contribution >= 4 is 23.0 Å². The zero-order chi connectivity index (χ0) is 25.8. The lowest BCUT2D eigenvalue weighted by Gasteiger charge is -2.28. The lowest BCUT2D eigenvalue weighted by Crippen LogP contribution is -2.41. The zero-order valence-corrected chi connectivity index (χ0v) is 20.1. The first-order chi connectivity index (χ1) is 17.3. The molecule has 1 aromatic heterocycles. The number of carbonyl (C=O) groups is 1. The average Bonchev–Trinajstić information content (AvgIpc) is 3.42. The van der Waals surface area contributed by atoms with Crippen molar-refractivity contribution in [3.63, 3.8) is 0 Å². The van der Waals surface area contributed by atoms with Gasteiger partial charge in [0.25, 0.3) is 6.43 Å². The van der Waals surface area contributed by atoms with Gasteiger partial charge in [-0.05, 0) is 37.0 Å². The number of rotatable bonds is 6. The molecular formula is C26H30F3N5O2. The van der Waals surface area contributed by atoms with Gasteiger partial charge in [0.2, 0.25) is 5.91 Å². The summed E-state index contributed by atoms with van der Waals surface area (Å²) in [6.07, 6.45) is 2.22. The van der Waals surface area contributed by atoms with E-state index in [4.69, 9.17) is 16.2 Å². The Hall–Kier alpha value is -3.53. The molecule has 0 aliphatic carbocycles. The van der Waals surface area contributed by atoms with Gasteiger partial charge in [-0.15, -0.1) is 0 Å². The van der Waals surface area contributed by atoms with Crippen molar-refractivity contribution < 1.29 is 22.7 Å². The summed E-state index contributed by atoms with van der Waals surface area (Å²) in [6.45, 7) is 3.81. The molecule has 0 spiro atoms. The number of hydrogen-bond donors (Lipinski definition) is 3. The van der Waals surface area contributed by atoms with Gasteiger partial charge in [0.15, 0.2) is 0 Å². The van der Waals surface area contributed by atoms with Crippen LogP contribution in [0.3, 0.4) is 0 Å². The first-order valence-corrected chi connectivity index (χ1v) is 11.8. The van der Waals surface area contributed by atoms with Crippen molar-refractivity contribution in [2.45, 2.75) is 32.7 Å². The smallest absolute Gasteiger partial charge is 0.266 e. The third-order valence-corrected chi connectivity index (χ3v) is 6.53. The van der Waals surface area contributed by atoms with Crippen LogP contribution in [0.2, 0.25) is 0 Å². The highest BCUT2D eigenvalue weighted by Crippen LogP contribution is 2.25. The first-order valence-electron chi connectivity index (χ1n) is 11.8. The number of nitrogens with two attached hydrogens (primary N) is 2. The van der Waals surface area contributed by atoms with Gasteiger partial charge in [0, 0.05) is 48.9 Å². The van der Waals surface area contributed by atoms with Gasteiger partial charge in [0.05, 0.1) is 23.4 Å². The number of amides is 1. The van der Waals surface area contributed by atoms with Crippen molar-refractivity contribution in [1.29, 1.82) is 0 Å². The zero-order valence-electron chi connectivity index (χ0n) is 20.1. The Morgan fingerprint density at radius 1 is 1.33 bits per heavy atom. The van der Waals surface area contributed by atoms with Crippen LogP contribution < -0.4 is 27.4 Å².